The van der Waals surface area contributed by atoms with Gasteiger partial charge in [-0.25, -0.2) is 0 Å². The van der Waals surface area contributed by atoms with Gasteiger partial charge in [-0.3, -0.25) is 4.79 Å². The SMILES string of the molecule is C#Cc1ccc(C(F)(F)F)cc1CC(=O)O. The summed E-state index contributed by atoms with van der Waals surface area (Å²) in [5.74, 6) is 0.923. The molecule has 84 valence electrons. The molecule has 0 unspecified atom stereocenters. The van der Waals surface area contributed by atoms with Crippen LogP contribution in [0, 0.1) is 12.3 Å². The van der Waals surface area contributed by atoms with Gasteiger partial charge in [0.25, 0.3) is 0 Å². The number of rotatable bonds is 2. The standard InChI is InChI=1S/C11H7F3O2/c1-2-7-3-4-9(11(12,13)14)5-8(7)6-10(15)16/h1,3-5H,6H2,(H,15,16). The first-order valence-corrected chi connectivity index (χ1v) is 4.23. The first kappa shape index (κ1) is 12.1. The normalized spacial score (nSPS) is 10.9. The number of aliphatic carboxylic acids is 1. The highest BCUT2D eigenvalue weighted by Gasteiger charge is 2.31. The van der Waals surface area contributed by atoms with E-state index < -0.39 is 24.1 Å². The molecular weight excluding hydrogens is 221 g/mol. The Kier molecular flexibility index (Phi) is 3.23. The van der Waals surface area contributed by atoms with E-state index in [-0.39, 0.29) is 11.1 Å². The number of alkyl halides is 3. The number of carboxylic acids is 1. The molecule has 0 radical (unpaired) electrons. The third kappa shape index (κ3) is 2.76. The molecule has 0 aliphatic carbocycles. The average Bonchev–Trinajstić information content (AvgIpc) is 2.15. The predicted octanol–water partition coefficient (Wildman–Crippen LogP) is 2.31. The van der Waals surface area contributed by atoms with Crippen molar-refractivity contribution < 1.29 is 23.1 Å². The minimum absolute atomic E-state index is 0.00942. The van der Waals surface area contributed by atoms with Gasteiger partial charge in [0, 0.05) is 5.56 Å². The van der Waals surface area contributed by atoms with Gasteiger partial charge in [0.15, 0.2) is 0 Å². The van der Waals surface area contributed by atoms with Crippen molar-refractivity contribution in [2.24, 2.45) is 0 Å². The maximum Gasteiger partial charge on any atom is 0.416 e. The molecule has 0 fully saturated rings. The number of carbonyl (C=O) groups is 1. The third-order valence-corrected chi connectivity index (χ3v) is 1.93. The minimum Gasteiger partial charge on any atom is -0.481 e. The Morgan fingerprint density at radius 3 is 2.50 bits per heavy atom. The Hall–Kier alpha value is -1.96. The monoisotopic (exact) mass is 228 g/mol. The van der Waals surface area contributed by atoms with Crippen LogP contribution in [-0.2, 0) is 17.4 Å². The van der Waals surface area contributed by atoms with E-state index in [1.807, 2.05) is 0 Å². The fourth-order valence-corrected chi connectivity index (χ4v) is 1.22. The van der Waals surface area contributed by atoms with Gasteiger partial charge in [-0.1, -0.05) is 5.92 Å². The zero-order valence-corrected chi connectivity index (χ0v) is 8.01. The smallest absolute Gasteiger partial charge is 0.416 e. The molecule has 0 saturated heterocycles. The first-order valence-electron chi connectivity index (χ1n) is 4.23. The van der Waals surface area contributed by atoms with Crippen LogP contribution in [0.25, 0.3) is 0 Å². The summed E-state index contributed by atoms with van der Waals surface area (Å²) < 4.78 is 37.0. The highest BCUT2D eigenvalue weighted by Crippen LogP contribution is 2.30. The van der Waals surface area contributed by atoms with Crippen LogP contribution in [0.1, 0.15) is 16.7 Å². The molecule has 1 aromatic rings. The van der Waals surface area contributed by atoms with Gasteiger partial charge in [0.05, 0.1) is 12.0 Å². The predicted molar refractivity (Wildman–Crippen MR) is 50.7 cm³/mol. The average molecular weight is 228 g/mol. The summed E-state index contributed by atoms with van der Waals surface area (Å²) in [6.07, 6.45) is 0.0373. The van der Waals surface area contributed by atoms with E-state index >= 15 is 0 Å². The lowest BCUT2D eigenvalue weighted by Crippen LogP contribution is -2.08. The molecule has 5 heteroatoms. The van der Waals surface area contributed by atoms with Gasteiger partial charge in [0.2, 0.25) is 0 Å². The van der Waals surface area contributed by atoms with Crippen molar-refractivity contribution in [1.82, 2.24) is 0 Å². The second kappa shape index (κ2) is 4.27. The molecule has 0 bridgehead atoms. The van der Waals surface area contributed by atoms with Gasteiger partial charge in [-0.05, 0) is 23.8 Å². The van der Waals surface area contributed by atoms with Crippen molar-refractivity contribution in [3.05, 3.63) is 34.9 Å². The van der Waals surface area contributed by atoms with Crippen molar-refractivity contribution in [3.63, 3.8) is 0 Å². The molecule has 1 rings (SSSR count). The van der Waals surface area contributed by atoms with Crippen LogP contribution in [-0.4, -0.2) is 11.1 Å². The topological polar surface area (TPSA) is 37.3 Å². The Morgan fingerprint density at radius 2 is 2.06 bits per heavy atom. The van der Waals surface area contributed by atoms with E-state index in [0.717, 1.165) is 18.2 Å². The maximum absolute atomic E-state index is 12.3. The van der Waals surface area contributed by atoms with E-state index in [2.05, 4.69) is 5.92 Å². The minimum atomic E-state index is -4.50. The summed E-state index contributed by atoms with van der Waals surface area (Å²) >= 11 is 0. The first-order chi connectivity index (χ1) is 7.34. The van der Waals surface area contributed by atoms with E-state index in [9.17, 15) is 18.0 Å². The van der Waals surface area contributed by atoms with Crippen LogP contribution in [0.2, 0.25) is 0 Å². The molecule has 0 heterocycles. The molecule has 1 aromatic carbocycles. The van der Waals surface area contributed by atoms with Gasteiger partial charge in [-0.15, -0.1) is 6.42 Å². The Balaban J connectivity index is 3.23. The highest BCUT2D eigenvalue weighted by molar-refractivity contribution is 5.71. The summed E-state index contributed by atoms with van der Waals surface area (Å²) in [5.41, 5.74) is -0.747. The lowest BCUT2D eigenvalue weighted by atomic mass is 10.0. The van der Waals surface area contributed by atoms with Crippen molar-refractivity contribution >= 4 is 5.97 Å². The third-order valence-electron chi connectivity index (χ3n) is 1.93. The van der Waals surface area contributed by atoms with Crippen LogP contribution in [0.4, 0.5) is 13.2 Å². The summed E-state index contributed by atoms with van der Waals surface area (Å²) in [7, 11) is 0. The second-order valence-corrected chi connectivity index (χ2v) is 3.08. The quantitative estimate of drug-likeness (QED) is 0.788. The molecule has 16 heavy (non-hydrogen) atoms. The fraction of sp³-hybridized carbons (Fsp3) is 0.182. The van der Waals surface area contributed by atoms with Crippen molar-refractivity contribution in [2.45, 2.75) is 12.6 Å². The van der Waals surface area contributed by atoms with Crippen molar-refractivity contribution in [2.75, 3.05) is 0 Å². The molecule has 0 amide bonds. The van der Waals surface area contributed by atoms with E-state index in [4.69, 9.17) is 11.5 Å². The molecule has 0 aliphatic heterocycles. The number of hydrogen-bond donors (Lipinski definition) is 1. The lowest BCUT2D eigenvalue weighted by Gasteiger charge is -2.09. The van der Waals surface area contributed by atoms with Crippen LogP contribution >= 0.6 is 0 Å². The lowest BCUT2D eigenvalue weighted by molar-refractivity contribution is -0.138. The highest BCUT2D eigenvalue weighted by atomic mass is 19.4. The van der Waals surface area contributed by atoms with Gasteiger partial charge >= 0.3 is 12.1 Å². The van der Waals surface area contributed by atoms with Crippen molar-refractivity contribution in [3.8, 4) is 12.3 Å². The zero-order chi connectivity index (χ0) is 12.3. The summed E-state index contributed by atoms with van der Waals surface area (Å²) in [5, 5.41) is 8.53. The summed E-state index contributed by atoms with van der Waals surface area (Å²) in [4.78, 5) is 10.4. The molecule has 0 saturated carbocycles. The number of terminal acetylenes is 1. The van der Waals surface area contributed by atoms with E-state index in [1.165, 1.54) is 0 Å². The summed E-state index contributed by atoms with van der Waals surface area (Å²) in [6, 6.07) is 2.70. The molecule has 0 aromatic heterocycles. The number of benzene rings is 1. The maximum atomic E-state index is 12.3. The number of halogens is 3. The number of hydrogen-bond acceptors (Lipinski definition) is 1. The molecule has 0 atom stereocenters. The zero-order valence-electron chi connectivity index (χ0n) is 8.01. The van der Waals surface area contributed by atoms with E-state index in [1.54, 1.807) is 0 Å². The van der Waals surface area contributed by atoms with Gasteiger partial charge < -0.3 is 5.11 Å². The van der Waals surface area contributed by atoms with Crippen LogP contribution in [0.15, 0.2) is 18.2 Å². The van der Waals surface area contributed by atoms with Crippen LogP contribution < -0.4 is 0 Å². The van der Waals surface area contributed by atoms with Crippen LogP contribution in [0.3, 0.4) is 0 Å². The summed E-state index contributed by atoms with van der Waals surface area (Å²) in [6.45, 7) is 0. The Morgan fingerprint density at radius 1 is 1.44 bits per heavy atom. The molecule has 1 N–H and O–H groups in total. The molecule has 2 nitrogen and oxygen atoms in total. The van der Waals surface area contributed by atoms with Crippen molar-refractivity contribution in [1.29, 1.82) is 0 Å². The Labute approximate surface area is 89.7 Å². The number of carboxylic acid groups (broad SMARTS) is 1. The molecule has 0 spiro atoms. The molecule has 0 aliphatic rings. The second-order valence-electron chi connectivity index (χ2n) is 3.08. The Bertz CT molecular complexity index is 455. The van der Waals surface area contributed by atoms with Crippen LogP contribution in [0.5, 0.6) is 0 Å². The van der Waals surface area contributed by atoms with Gasteiger partial charge in [-0.2, -0.15) is 13.2 Å². The van der Waals surface area contributed by atoms with E-state index in [0.29, 0.717) is 0 Å². The fourth-order valence-electron chi connectivity index (χ4n) is 1.22. The van der Waals surface area contributed by atoms with Gasteiger partial charge in [0.1, 0.15) is 0 Å². The molecular formula is C11H7F3O2. The largest absolute Gasteiger partial charge is 0.481 e.